The van der Waals surface area contributed by atoms with E-state index >= 15 is 0 Å². The van der Waals surface area contributed by atoms with Crippen molar-refractivity contribution in [1.29, 1.82) is 0 Å². The van der Waals surface area contributed by atoms with E-state index in [-0.39, 0.29) is 28.8 Å². The summed E-state index contributed by atoms with van der Waals surface area (Å²) in [5, 5.41) is 2.61. The molecule has 7 nitrogen and oxygen atoms in total. The van der Waals surface area contributed by atoms with Crippen LogP contribution in [0.2, 0.25) is 0 Å². The van der Waals surface area contributed by atoms with E-state index in [4.69, 9.17) is 12.2 Å². The number of rotatable bonds is 7. The molecule has 1 aromatic heterocycles. The van der Waals surface area contributed by atoms with E-state index in [0.29, 0.717) is 23.6 Å². The van der Waals surface area contributed by atoms with Crippen LogP contribution in [0.15, 0.2) is 70.4 Å². The standard InChI is InChI=1S/C25H24N4O3S2/c1-17-22(23(31)29(27(17)2)19-12-7-4-8-13-19)26-21(30)14-9-15-28-24(33)20(34-25(28)32)16-18-10-5-3-6-11-18/h3-8,10-13,16H,9,14-15H2,1-2H3,(H,26,30)/b20-16-. The molecule has 2 amide bonds. The number of hydrogen-bond donors (Lipinski definition) is 1. The number of hydrogen-bond acceptors (Lipinski definition) is 5. The normalized spacial score (nSPS) is 14.8. The monoisotopic (exact) mass is 492 g/mol. The highest BCUT2D eigenvalue weighted by molar-refractivity contribution is 8.19. The van der Waals surface area contributed by atoms with Crippen LogP contribution >= 0.6 is 24.0 Å². The average molecular weight is 493 g/mol. The number of nitrogens with one attached hydrogen (secondary N) is 1. The fraction of sp³-hybridized carbons (Fsp3) is 0.200. The topological polar surface area (TPSA) is 76.3 Å². The first-order chi connectivity index (χ1) is 16.4. The molecule has 1 N–H and O–H groups in total. The molecule has 174 valence electrons. The van der Waals surface area contributed by atoms with Crippen LogP contribution in [-0.4, -0.2) is 36.9 Å². The zero-order valence-corrected chi connectivity index (χ0v) is 20.5. The molecule has 0 atom stereocenters. The Morgan fingerprint density at radius 3 is 2.38 bits per heavy atom. The highest BCUT2D eigenvalue weighted by Crippen LogP contribution is 2.33. The largest absolute Gasteiger partial charge is 0.320 e. The molecule has 4 rings (SSSR count). The quantitative estimate of drug-likeness (QED) is 0.381. The summed E-state index contributed by atoms with van der Waals surface area (Å²) >= 11 is 6.59. The van der Waals surface area contributed by atoms with Crippen molar-refractivity contribution in [1.82, 2.24) is 14.3 Å². The Hall–Kier alpha value is -3.43. The minimum Gasteiger partial charge on any atom is -0.320 e. The van der Waals surface area contributed by atoms with Gasteiger partial charge in [-0.25, -0.2) is 4.68 Å². The van der Waals surface area contributed by atoms with Gasteiger partial charge in [0.25, 0.3) is 10.8 Å². The van der Waals surface area contributed by atoms with Gasteiger partial charge in [-0.1, -0.05) is 60.7 Å². The van der Waals surface area contributed by atoms with Gasteiger partial charge in [0, 0.05) is 20.0 Å². The predicted octanol–water partition coefficient (Wildman–Crippen LogP) is 4.74. The van der Waals surface area contributed by atoms with Crippen LogP contribution in [0.1, 0.15) is 24.1 Å². The lowest BCUT2D eigenvalue weighted by Crippen LogP contribution is -2.29. The number of benzene rings is 2. The SMILES string of the molecule is Cc1c(NC(=O)CCCN2C(=O)S/C(=C\c3ccccc3)C2=S)c(=O)n(-c2ccccc2)n1C. The second-order valence-corrected chi connectivity index (χ2v) is 9.21. The van der Waals surface area contributed by atoms with Crippen LogP contribution in [0, 0.1) is 6.92 Å². The highest BCUT2D eigenvalue weighted by atomic mass is 32.2. The second kappa shape index (κ2) is 10.2. The lowest BCUT2D eigenvalue weighted by Gasteiger charge is -2.14. The molecule has 9 heteroatoms. The van der Waals surface area contributed by atoms with Gasteiger partial charge in [-0.2, -0.15) is 0 Å². The third kappa shape index (κ3) is 4.90. The number of carbonyl (C=O) groups excluding carboxylic acids is 2. The predicted molar refractivity (Wildman–Crippen MR) is 140 cm³/mol. The fourth-order valence-corrected chi connectivity index (χ4v) is 4.99. The van der Waals surface area contributed by atoms with Crippen molar-refractivity contribution in [2.75, 3.05) is 11.9 Å². The zero-order valence-electron chi connectivity index (χ0n) is 18.9. The van der Waals surface area contributed by atoms with Crippen LogP contribution in [0.5, 0.6) is 0 Å². The number of aromatic nitrogens is 2. The molecular formula is C25H24N4O3S2. The maximum Gasteiger partial charge on any atom is 0.295 e. The van der Waals surface area contributed by atoms with Crippen molar-refractivity contribution in [3.8, 4) is 5.69 Å². The maximum absolute atomic E-state index is 13.0. The summed E-state index contributed by atoms with van der Waals surface area (Å²) in [5.74, 6) is -0.281. The number of carbonyl (C=O) groups is 2. The summed E-state index contributed by atoms with van der Waals surface area (Å²) in [5.41, 5.74) is 2.32. The van der Waals surface area contributed by atoms with Gasteiger partial charge in [0.2, 0.25) is 5.91 Å². The number of nitrogens with zero attached hydrogens (tertiary/aromatic N) is 3. The Balaban J connectivity index is 1.37. The number of thioether (sulfide) groups is 1. The van der Waals surface area contributed by atoms with Crippen molar-refractivity contribution < 1.29 is 9.59 Å². The lowest BCUT2D eigenvalue weighted by molar-refractivity contribution is -0.116. The molecule has 0 saturated carbocycles. The van der Waals surface area contributed by atoms with Crippen LogP contribution < -0.4 is 10.9 Å². The van der Waals surface area contributed by atoms with Gasteiger partial charge in [0.15, 0.2) is 0 Å². The van der Waals surface area contributed by atoms with E-state index in [2.05, 4.69) is 5.32 Å². The summed E-state index contributed by atoms with van der Waals surface area (Å²) in [4.78, 5) is 40.7. The first-order valence-electron chi connectivity index (χ1n) is 10.8. The smallest absolute Gasteiger partial charge is 0.295 e. The minimum atomic E-state index is -0.289. The molecule has 1 aliphatic heterocycles. The van der Waals surface area contributed by atoms with Crippen LogP contribution in [0.4, 0.5) is 10.5 Å². The van der Waals surface area contributed by atoms with Gasteiger partial charge < -0.3 is 5.32 Å². The number of para-hydroxylation sites is 1. The van der Waals surface area contributed by atoms with Gasteiger partial charge in [-0.05, 0) is 48.9 Å². The second-order valence-electron chi connectivity index (χ2n) is 7.83. The summed E-state index contributed by atoms with van der Waals surface area (Å²) in [6.45, 7) is 2.13. The summed E-state index contributed by atoms with van der Waals surface area (Å²) in [7, 11) is 1.78. The average Bonchev–Trinajstić information content (AvgIpc) is 3.21. The first-order valence-corrected chi connectivity index (χ1v) is 12.0. The van der Waals surface area contributed by atoms with Crippen molar-refractivity contribution >= 4 is 51.9 Å². The Labute approximate surface area is 207 Å². The molecule has 1 saturated heterocycles. The molecule has 0 aliphatic carbocycles. The highest BCUT2D eigenvalue weighted by Gasteiger charge is 2.31. The molecule has 2 aromatic carbocycles. The Bertz CT molecular complexity index is 1330. The minimum absolute atomic E-state index is 0.141. The van der Waals surface area contributed by atoms with Crippen LogP contribution in [-0.2, 0) is 11.8 Å². The molecule has 1 aliphatic rings. The van der Waals surface area contributed by atoms with E-state index in [1.54, 1.807) is 18.7 Å². The van der Waals surface area contributed by atoms with Crippen molar-refractivity contribution in [2.24, 2.45) is 7.05 Å². The number of thiocarbonyl (C=S) groups is 1. The van der Waals surface area contributed by atoms with Gasteiger partial charge in [-0.15, -0.1) is 0 Å². The molecule has 0 radical (unpaired) electrons. The molecule has 3 aromatic rings. The lowest BCUT2D eigenvalue weighted by atomic mass is 10.2. The zero-order chi connectivity index (χ0) is 24.2. The van der Waals surface area contributed by atoms with E-state index in [1.807, 2.05) is 66.7 Å². The maximum atomic E-state index is 13.0. The molecular weight excluding hydrogens is 468 g/mol. The van der Waals surface area contributed by atoms with Crippen LogP contribution in [0.3, 0.4) is 0 Å². The summed E-state index contributed by atoms with van der Waals surface area (Å²) < 4.78 is 3.23. The van der Waals surface area contributed by atoms with Gasteiger partial charge in [0.1, 0.15) is 10.7 Å². The third-order valence-electron chi connectivity index (χ3n) is 5.58. The molecule has 0 bridgehead atoms. The van der Waals surface area contributed by atoms with Crippen molar-refractivity contribution in [3.63, 3.8) is 0 Å². The molecule has 1 fully saturated rings. The van der Waals surface area contributed by atoms with Crippen LogP contribution in [0.25, 0.3) is 11.8 Å². The first kappa shape index (κ1) is 23.7. The van der Waals surface area contributed by atoms with Gasteiger partial charge >= 0.3 is 0 Å². The summed E-state index contributed by atoms with van der Waals surface area (Å²) in [6.07, 6.45) is 2.48. The third-order valence-corrected chi connectivity index (χ3v) is 7.07. The Morgan fingerprint density at radius 2 is 1.71 bits per heavy atom. The Kier molecular flexibility index (Phi) is 7.14. The fourth-order valence-electron chi connectivity index (χ4n) is 3.71. The Morgan fingerprint density at radius 1 is 1.06 bits per heavy atom. The van der Waals surface area contributed by atoms with E-state index < -0.39 is 0 Å². The molecule has 0 spiro atoms. The summed E-state index contributed by atoms with van der Waals surface area (Å²) in [6, 6.07) is 18.9. The van der Waals surface area contributed by atoms with Crippen molar-refractivity contribution in [2.45, 2.75) is 19.8 Å². The van der Waals surface area contributed by atoms with E-state index in [9.17, 15) is 14.4 Å². The van der Waals surface area contributed by atoms with E-state index in [1.165, 1.54) is 9.58 Å². The van der Waals surface area contributed by atoms with Gasteiger partial charge in [0.05, 0.1) is 16.3 Å². The molecule has 0 unspecified atom stereocenters. The number of anilines is 1. The van der Waals surface area contributed by atoms with Crippen molar-refractivity contribution in [3.05, 3.63) is 87.2 Å². The molecule has 2 heterocycles. The van der Waals surface area contributed by atoms with E-state index in [0.717, 1.165) is 27.9 Å². The number of amides is 2. The van der Waals surface area contributed by atoms with Gasteiger partial charge in [-0.3, -0.25) is 24.0 Å². The molecule has 34 heavy (non-hydrogen) atoms.